The van der Waals surface area contributed by atoms with Crippen LogP contribution in [0, 0.1) is 0 Å². The average molecular weight is 437 g/mol. The van der Waals surface area contributed by atoms with E-state index in [4.69, 9.17) is 0 Å². The maximum atomic E-state index is 13.3. The van der Waals surface area contributed by atoms with Crippen molar-refractivity contribution in [3.8, 4) is 0 Å². The van der Waals surface area contributed by atoms with Crippen LogP contribution in [0.2, 0.25) is 0 Å². The highest BCUT2D eigenvalue weighted by molar-refractivity contribution is 5.90. The number of anilines is 2. The molecule has 0 aliphatic carbocycles. The summed E-state index contributed by atoms with van der Waals surface area (Å²) in [5.74, 6) is 1.06. The van der Waals surface area contributed by atoms with Gasteiger partial charge in [-0.3, -0.25) is 9.59 Å². The Kier molecular flexibility index (Phi) is 6.87. The fourth-order valence-electron chi connectivity index (χ4n) is 4.47. The number of fused-ring (bicyclic) bond motifs is 1. The molecule has 2 aromatic heterocycles. The predicted octanol–water partition coefficient (Wildman–Crippen LogP) is 3.97. The van der Waals surface area contributed by atoms with Crippen molar-refractivity contribution in [3.05, 3.63) is 46.9 Å². The molecule has 1 fully saturated rings. The van der Waals surface area contributed by atoms with E-state index in [9.17, 15) is 9.59 Å². The summed E-state index contributed by atoms with van der Waals surface area (Å²) >= 11 is 0. The van der Waals surface area contributed by atoms with Gasteiger partial charge in [-0.2, -0.15) is 5.10 Å². The van der Waals surface area contributed by atoms with E-state index in [1.807, 2.05) is 35.0 Å². The first-order chi connectivity index (χ1) is 15.6. The third-order valence-electron chi connectivity index (χ3n) is 6.28. The molecule has 0 atom stereocenters. The van der Waals surface area contributed by atoms with Crippen LogP contribution in [0.5, 0.6) is 0 Å². The number of amides is 1. The summed E-state index contributed by atoms with van der Waals surface area (Å²) < 4.78 is 3.57. The number of nitrogens with zero attached hydrogens (tertiary/aromatic N) is 5. The third kappa shape index (κ3) is 4.54. The number of piperidine rings is 1. The molecule has 1 aliphatic heterocycles. The first-order valence-corrected chi connectivity index (χ1v) is 11.7. The number of para-hydroxylation sites is 2. The van der Waals surface area contributed by atoms with Gasteiger partial charge in [0.25, 0.3) is 5.56 Å². The van der Waals surface area contributed by atoms with Crippen LogP contribution in [0.3, 0.4) is 0 Å². The Bertz CT molecular complexity index is 1120. The van der Waals surface area contributed by atoms with Crippen LogP contribution < -0.4 is 15.8 Å². The highest BCUT2D eigenvalue weighted by atomic mass is 16.2. The molecule has 0 unspecified atom stereocenters. The molecule has 8 heteroatoms. The van der Waals surface area contributed by atoms with Gasteiger partial charge in [0, 0.05) is 32.1 Å². The normalized spacial score (nSPS) is 14.3. The summed E-state index contributed by atoms with van der Waals surface area (Å²) in [7, 11) is 0. The molecule has 0 spiro atoms. The first-order valence-electron chi connectivity index (χ1n) is 11.7. The Morgan fingerprint density at radius 3 is 2.59 bits per heavy atom. The molecule has 3 heterocycles. The smallest absolute Gasteiger partial charge is 0.294 e. The number of aryl methyl sites for hydroxylation is 1. The zero-order valence-corrected chi connectivity index (χ0v) is 19.0. The van der Waals surface area contributed by atoms with E-state index < -0.39 is 0 Å². The van der Waals surface area contributed by atoms with Crippen LogP contribution in [-0.2, 0) is 11.3 Å². The van der Waals surface area contributed by atoms with Gasteiger partial charge in [0.05, 0.1) is 23.3 Å². The van der Waals surface area contributed by atoms with Gasteiger partial charge in [-0.1, -0.05) is 26.0 Å². The minimum Gasteiger partial charge on any atom is -0.352 e. The van der Waals surface area contributed by atoms with Crippen molar-refractivity contribution in [1.82, 2.24) is 19.3 Å². The SMILES string of the molecule is CCC(CC)n1nccc1NC(=O)CCn1c(=O)c(N2CCCCC2)nc2ccccc21. The molecule has 1 aromatic carbocycles. The summed E-state index contributed by atoms with van der Waals surface area (Å²) in [5, 5.41) is 7.36. The molecule has 0 bridgehead atoms. The predicted molar refractivity (Wildman–Crippen MR) is 127 cm³/mol. The van der Waals surface area contributed by atoms with Crippen molar-refractivity contribution in [3.63, 3.8) is 0 Å². The highest BCUT2D eigenvalue weighted by Crippen LogP contribution is 2.21. The van der Waals surface area contributed by atoms with Crippen molar-refractivity contribution in [1.29, 1.82) is 0 Å². The maximum absolute atomic E-state index is 13.3. The maximum Gasteiger partial charge on any atom is 0.294 e. The highest BCUT2D eigenvalue weighted by Gasteiger charge is 2.20. The standard InChI is InChI=1S/C24H32N6O2/c1-3-18(4-2)30-21(12-14-25-30)27-22(31)13-17-29-20-11-7-6-10-19(20)26-23(24(29)32)28-15-8-5-9-16-28/h6-7,10-12,14,18H,3-5,8-9,13,15-17H2,1-2H3,(H,27,31). The van der Waals surface area contributed by atoms with Crippen LogP contribution in [0.25, 0.3) is 11.0 Å². The molecule has 1 N–H and O–H groups in total. The van der Waals surface area contributed by atoms with E-state index in [0.29, 0.717) is 18.2 Å². The van der Waals surface area contributed by atoms with Crippen LogP contribution in [0.15, 0.2) is 41.3 Å². The summed E-state index contributed by atoms with van der Waals surface area (Å²) in [6, 6.07) is 9.71. The van der Waals surface area contributed by atoms with E-state index in [0.717, 1.165) is 49.8 Å². The Labute approximate surface area is 188 Å². The summed E-state index contributed by atoms with van der Waals surface area (Å²) in [6.07, 6.45) is 7.12. The van der Waals surface area contributed by atoms with Crippen molar-refractivity contribution in [2.75, 3.05) is 23.3 Å². The van der Waals surface area contributed by atoms with Crippen LogP contribution >= 0.6 is 0 Å². The second-order valence-electron chi connectivity index (χ2n) is 8.36. The third-order valence-corrected chi connectivity index (χ3v) is 6.28. The molecule has 170 valence electrons. The Balaban J connectivity index is 1.55. The molecule has 3 aromatic rings. The fraction of sp³-hybridized carbons (Fsp3) is 0.500. The lowest BCUT2D eigenvalue weighted by Crippen LogP contribution is -2.37. The first kappa shape index (κ1) is 22.0. The lowest BCUT2D eigenvalue weighted by molar-refractivity contribution is -0.116. The Morgan fingerprint density at radius 2 is 1.84 bits per heavy atom. The second kappa shape index (κ2) is 9.97. The zero-order chi connectivity index (χ0) is 22.5. The molecule has 1 aliphatic rings. The van der Waals surface area contributed by atoms with Gasteiger partial charge in [-0.15, -0.1) is 0 Å². The number of hydrogen-bond acceptors (Lipinski definition) is 5. The van der Waals surface area contributed by atoms with Gasteiger partial charge in [0.15, 0.2) is 5.82 Å². The molecule has 0 radical (unpaired) electrons. The topological polar surface area (TPSA) is 85.0 Å². The zero-order valence-electron chi connectivity index (χ0n) is 19.0. The summed E-state index contributed by atoms with van der Waals surface area (Å²) in [5.41, 5.74) is 1.41. The molecule has 1 amide bonds. The lowest BCUT2D eigenvalue weighted by Gasteiger charge is -2.27. The van der Waals surface area contributed by atoms with Gasteiger partial charge in [0.2, 0.25) is 5.91 Å². The van der Waals surface area contributed by atoms with Gasteiger partial charge >= 0.3 is 0 Å². The van der Waals surface area contributed by atoms with Crippen molar-refractivity contribution in [2.45, 2.75) is 65.0 Å². The van der Waals surface area contributed by atoms with E-state index in [-0.39, 0.29) is 23.9 Å². The number of carbonyl (C=O) groups is 1. The molecule has 4 rings (SSSR count). The molecule has 32 heavy (non-hydrogen) atoms. The van der Waals surface area contributed by atoms with Crippen molar-refractivity contribution >= 4 is 28.6 Å². The van der Waals surface area contributed by atoms with Crippen LogP contribution in [0.4, 0.5) is 11.6 Å². The summed E-state index contributed by atoms with van der Waals surface area (Å²) in [4.78, 5) is 32.9. The van der Waals surface area contributed by atoms with Crippen LogP contribution in [0.1, 0.15) is 58.4 Å². The fourth-order valence-corrected chi connectivity index (χ4v) is 4.47. The van der Waals surface area contributed by atoms with Crippen molar-refractivity contribution in [2.24, 2.45) is 0 Å². The summed E-state index contributed by atoms with van der Waals surface area (Å²) in [6.45, 7) is 6.22. The van der Waals surface area contributed by atoms with Gasteiger partial charge in [0.1, 0.15) is 5.82 Å². The largest absolute Gasteiger partial charge is 0.352 e. The molecule has 8 nitrogen and oxygen atoms in total. The molecule has 0 saturated carbocycles. The number of aromatic nitrogens is 4. The van der Waals surface area contributed by atoms with Crippen molar-refractivity contribution < 1.29 is 4.79 Å². The number of rotatable bonds is 8. The van der Waals surface area contributed by atoms with Gasteiger partial charge < -0.3 is 14.8 Å². The van der Waals surface area contributed by atoms with E-state index >= 15 is 0 Å². The van der Waals surface area contributed by atoms with E-state index in [2.05, 4.69) is 34.1 Å². The van der Waals surface area contributed by atoms with Gasteiger partial charge in [-0.25, -0.2) is 9.67 Å². The lowest BCUT2D eigenvalue weighted by atomic mass is 10.1. The molecule has 1 saturated heterocycles. The number of carbonyl (C=O) groups excluding carboxylic acids is 1. The quantitative estimate of drug-likeness (QED) is 0.577. The monoisotopic (exact) mass is 436 g/mol. The Morgan fingerprint density at radius 1 is 1.09 bits per heavy atom. The second-order valence-corrected chi connectivity index (χ2v) is 8.36. The van der Waals surface area contributed by atoms with Crippen LogP contribution in [-0.4, -0.2) is 38.3 Å². The number of benzene rings is 1. The van der Waals surface area contributed by atoms with E-state index in [1.54, 1.807) is 10.8 Å². The van der Waals surface area contributed by atoms with E-state index in [1.165, 1.54) is 6.42 Å². The minimum absolute atomic E-state index is 0.125. The molecular weight excluding hydrogens is 404 g/mol. The Hall–Kier alpha value is -3.16. The number of hydrogen-bond donors (Lipinski definition) is 1. The molecular formula is C24H32N6O2. The number of nitrogens with one attached hydrogen (secondary N) is 1. The average Bonchev–Trinajstić information content (AvgIpc) is 3.27. The van der Waals surface area contributed by atoms with Gasteiger partial charge in [-0.05, 0) is 44.2 Å². The minimum atomic E-state index is -0.134.